The lowest BCUT2D eigenvalue weighted by atomic mass is 9.93. The van der Waals surface area contributed by atoms with Crippen molar-refractivity contribution in [1.82, 2.24) is 15.1 Å². The monoisotopic (exact) mass is 197 g/mol. The summed E-state index contributed by atoms with van der Waals surface area (Å²) in [6.07, 6.45) is 0. The molecule has 0 radical (unpaired) electrons. The van der Waals surface area contributed by atoms with E-state index in [1.165, 1.54) is 0 Å². The van der Waals surface area contributed by atoms with Crippen molar-refractivity contribution in [3.05, 3.63) is 0 Å². The van der Waals surface area contributed by atoms with E-state index >= 15 is 0 Å². The Bertz CT molecular complexity index is 252. The van der Waals surface area contributed by atoms with Crippen LogP contribution in [0.15, 0.2) is 0 Å². The maximum Gasteiger partial charge on any atom is 0.320 e. The maximum absolute atomic E-state index is 12.0. The molecule has 0 aromatic carbocycles. The summed E-state index contributed by atoms with van der Waals surface area (Å²) < 4.78 is 0. The van der Waals surface area contributed by atoms with Crippen LogP contribution >= 0.6 is 0 Å². The normalized spacial score (nSPS) is 30.8. The summed E-state index contributed by atoms with van der Waals surface area (Å²) in [5.74, 6) is 0. The minimum atomic E-state index is -0.0285. The van der Waals surface area contributed by atoms with Crippen LogP contribution in [-0.4, -0.2) is 53.6 Å². The zero-order valence-corrected chi connectivity index (χ0v) is 9.21. The number of urea groups is 1. The van der Waals surface area contributed by atoms with Gasteiger partial charge in [0.15, 0.2) is 0 Å². The number of nitrogens with one attached hydrogen (secondary N) is 1. The second-order valence-electron chi connectivity index (χ2n) is 4.59. The quantitative estimate of drug-likeness (QED) is 0.664. The average molecular weight is 197 g/mol. The minimum Gasteiger partial charge on any atom is -0.318 e. The van der Waals surface area contributed by atoms with Gasteiger partial charge in [0.25, 0.3) is 0 Å². The molecular formula is C10H19N3O. The van der Waals surface area contributed by atoms with E-state index in [2.05, 4.69) is 19.2 Å². The molecule has 2 aliphatic heterocycles. The third kappa shape index (κ3) is 1.13. The molecule has 2 heterocycles. The highest BCUT2D eigenvalue weighted by molar-refractivity contribution is 5.79. The number of carbonyl (C=O) groups excluding carboxylic acids is 1. The van der Waals surface area contributed by atoms with Crippen molar-refractivity contribution in [2.45, 2.75) is 32.4 Å². The Morgan fingerprint density at radius 1 is 1.57 bits per heavy atom. The van der Waals surface area contributed by atoms with Gasteiger partial charge in [-0.3, -0.25) is 0 Å². The first-order valence-electron chi connectivity index (χ1n) is 5.38. The van der Waals surface area contributed by atoms with Crippen LogP contribution in [-0.2, 0) is 0 Å². The van der Waals surface area contributed by atoms with Crippen molar-refractivity contribution in [3.63, 3.8) is 0 Å². The first kappa shape index (κ1) is 9.77. The number of rotatable bonds is 1. The van der Waals surface area contributed by atoms with Crippen molar-refractivity contribution in [1.29, 1.82) is 0 Å². The highest BCUT2D eigenvalue weighted by Crippen LogP contribution is 2.32. The maximum atomic E-state index is 12.0. The highest BCUT2D eigenvalue weighted by atomic mass is 16.2. The van der Waals surface area contributed by atoms with Crippen molar-refractivity contribution in [2.24, 2.45) is 0 Å². The lowest BCUT2D eigenvalue weighted by Crippen LogP contribution is -2.55. The predicted molar refractivity (Wildman–Crippen MR) is 55.2 cm³/mol. The van der Waals surface area contributed by atoms with Gasteiger partial charge in [-0.25, -0.2) is 4.79 Å². The number of nitrogens with zero attached hydrogens (tertiary/aromatic N) is 2. The summed E-state index contributed by atoms with van der Waals surface area (Å²) in [6.45, 7) is 9.87. The molecular weight excluding hydrogens is 178 g/mol. The number of hydrogen-bond acceptors (Lipinski definition) is 2. The van der Waals surface area contributed by atoms with Gasteiger partial charge in [0.1, 0.15) is 0 Å². The molecule has 80 valence electrons. The van der Waals surface area contributed by atoms with Gasteiger partial charge in [0, 0.05) is 26.2 Å². The number of likely N-dealkylation sites (N-methyl/N-ethyl adjacent to an activating group) is 1. The fourth-order valence-corrected chi connectivity index (χ4v) is 2.69. The fraction of sp³-hybridized carbons (Fsp3) is 0.900. The summed E-state index contributed by atoms with van der Waals surface area (Å²) in [5.41, 5.74) is -0.0285. The van der Waals surface area contributed by atoms with E-state index in [1.54, 1.807) is 0 Å². The summed E-state index contributed by atoms with van der Waals surface area (Å²) >= 11 is 0. The number of carbonyl (C=O) groups is 1. The van der Waals surface area contributed by atoms with Crippen LogP contribution in [0.3, 0.4) is 0 Å². The summed E-state index contributed by atoms with van der Waals surface area (Å²) in [4.78, 5) is 16.0. The van der Waals surface area contributed by atoms with Crippen LogP contribution in [0, 0.1) is 0 Å². The lowest BCUT2D eigenvalue weighted by molar-refractivity contribution is 0.162. The number of hydrogen-bond donors (Lipinski definition) is 1. The largest absolute Gasteiger partial charge is 0.320 e. The molecule has 2 saturated heterocycles. The van der Waals surface area contributed by atoms with E-state index in [4.69, 9.17) is 0 Å². The van der Waals surface area contributed by atoms with Gasteiger partial charge >= 0.3 is 6.03 Å². The number of amides is 2. The molecule has 1 unspecified atom stereocenters. The van der Waals surface area contributed by atoms with Gasteiger partial charge in [0.05, 0.1) is 11.6 Å². The zero-order valence-electron chi connectivity index (χ0n) is 9.21. The van der Waals surface area contributed by atoms with E-state index in [9.17, 15) is 4.79 Å². The zero-order chi connectivity index (χ0) is 10.3. The molecule has 0 aromatic rings. The Kier molecular flexibility index (Phi) is 2.18. The molecule has 0 saturated carbocycles. The van der Waals surface area contributed by atoms with Crippen LogP contribution in [0.4, 0.5) is 4.79 Å². The van der Waals surface area contributed by atoms with Gasteiger partial charge in [-0.2, -0.15) is 0 Å². The fourth-order valence-electron chi connectivity index (χ4n) is 2.69. The van der Waals surface area contributed by atoms with Crippen LogP contribution in [0.5, 0.6) is 0 Å². The minimum absolute atomic E-state index is 0.0285. The molecule has 14 heavy (non-hydrogen) atoms. The molecule has 0 aromatic heterocycles. The van der Waals surface area contributed by atoms with E-state index in [0.29, 0.717) is 6.04 Å². The third-order valence-electron chi connectivity index (χ3n) is 3.55. The standard InChI is InChI=1S/C10H19N3O/c1-4-13-9(14)12-6-5-11-7-8(12)10(13,2)3/h8,11H,4-7H2,1-3H3. The molecule has 0 aliphatic carbocycles. The van der Waals surface area contributed by atoms with Crippen molar-refractivity contribution < 1.29 is 4.79 Å². The predicted octanol–water partition coefficient (Wildman–Crippen LogP) is 0.494. The van der Waals surface area contributed by atoms with Gasteiger partial charge in [-0.05, 0) is 20.8 Å². The van der Waals surface area contributed by atoms with E-state index < -0.39 is 0 Å². The Balaban J connectivity index is 2.29. The van der Waals surface area contributed by atoms with E-state index in [0.717, 1.165) is 26.2 Å². The molecule has 2 amide bonds. The summed E-state index contributed by atoms with van der Waals surface area (Å²) in [6, 6.07) is 0.549. The van der Waals surface area contributed by atoms with Gasteiger partial charge in [0.2, 0.25) is 0 Å². The van der Waals surface area contributed by atoms with E-state index in [-0.39, 0.29) is 11.6 Å². The molecule has 2 rings (SSSR count). The first-order chi connectivity index (χ1) is 6.59. The Labute approximate surface area is 85.2 Å². The van der Waals surface area contributed by atoms with Crippen LogP contribution < -0.4 is 5.32 Å². The smallest absolute Gasteiger partial charge is 0.318 e. The van der Waals surface area contributed by atoms with Gasteiger partial charge in [-0.15, -0.1) is 0 Å². The second-order valence-corrected chi connectivity index (χ2v) is 4.59. The van der Waals surface area contributed by atoms with Crippen LogP contribution in [0.1, 0.15) is 20.8 Å². The second kappa shape index (κ2) is 3.12. The number of fused-ring (bicyclic) bond motifs is 1. The SMILES string of the molecule is CCN1C(=O)N2CCNCC2C1(C)C. The Morgan fingerprint density at radius 2 is 2.29 bits per heavy atom. The van der Waals surface area contributed by atoms with Crippen molar-refractivity contribution in [2.75, 3.05) is 26.2 Å². The molecule has 1 atom stereocenters. The average Bonchev–Trinajstić information content (AvgIpc) is 2.36. The topological polar surface area (TPSA) is 35.6 Å². The van der Waals surface area contributed by atoms with Crippen LogP contribution in [0.25, 0.3) is 0 Å². The molecule has 4 nitrogen and oxygen atoms in total. The first-order valence-corrected chi connectivity index (χ1v) is 5.38. The third-order valence-corrected chi connectivity index (χ3v) is 3.55. The molecule has 4 heteroatoms. The highest BCUT2D eigenvalue weighted by Gasteiger charge is 2.51. The van der Waals surface area contributed by atoms with Crippen molar-refractivity contribution in [3.8, 4) is 0 Å². The Hall–Kier alpha value is -0.770. The molecule has 0 spiro atoms. The summed E-state index contributed by atoms with van der Waals surface area (Å²) in [7, 11) is 0. The molecule has 1 N–H and O–H groups in total. The van der Waals surface area contributed by atoms with Gasteiger partial charge < -0.3 is 15.1 Å². The Morgan fingerprint density at radius 3 is 2.86 bits per heavy atom. The van der Waals surface area contributed by atoms with Gasteiger partial charge in [-0.1, -0.05) is 0 Å². The van der Waals surface area contributed by atoms with E-state index in [1.807, 2.05) is 16.7 Å². The van der Waals surface area contributed by atoms with Crippen LogP contribution in [0.2, 0.25) is 0 Å². The summed E-state index contributed by atoms with van der Waals surface area (Å²) in [5, 5.41) is 3.36. The molecule has 2 aliphatic rings. The molecule has 0 bridgehead atoms. The lowest BCUT2D eigenvalue weighted by Gasteiger charge is -2.37. The van der Waals surface area contributed by atoms with Crippen molar-refractivity contribution >= 4 is 6.03 Å². The molecule has 2 fully saturated rings. The number of piperazine rings is 1.